The number of nitrogens with zero attached hydrogens (tertiary/aromatic N) is 2. The van der Waals surface area contributed by atoms with E-state index in [4.69, 9.17) is 9.72 Å². The van der Waals surface area contributed by atoms with E-state index >= 15 is 0 Å². The summed E-state index contributed by atoms with van der Waals surface area (Å²) < 4.78 is 34.7. The summed E-state index contributed by atoms with van der Waals surface area (Å²) in [6, 6.07) is 28.4. The Morgan fingerprint density at radius 2 is 1.37 bits per heavy atom. The first kappa shape index (κ1) is 22.2. The quantitative estimate of drug-likeness (QED) is 0.206. The fourth-order valence-electron chi connectivity index (χ4n) is 3.78. The normalized spacial score (nSPS) is 11.5. The predicted molar refractivity (Wildman–Crippen MR) is 131 cm³/mol. The molecular formula is C29H20F2N2O2. The summed E-state index contributed by atoms with van der Waals surface area (Å²) >= 11 is 0. The summed E-state index contributed by atoms with van der Waals surface area (Å²) in [6.45, 7) is 0.551. The minimum atomic E-state index is -0.661. The van der Waals surface area contributed by atoms with Gasteiger partial charge >= 0.3 is 5.97 Å². The lowest BCUT2D eigenvalue weighted by molar-refractivity contribution is 0.0693. The topological polar surface area (TPSA) is 44.1 Å². The fourth-order valence-corrected chi connectivity index (χ4v) is 3.78. The highest BCUT2D eigenvalue weighted by molar-refractivity contribution is 5.95. The van der Waals surface area contributed by atoms with Crippen molar-refractivity contribution in [1.82, 2.24) is 9.55 Å². The van der Waals surface area contributed by atoms with E-state index in [1.807, 2.05) is 59.2 Å². The zero-order chi connectivity index (χ0) is 24.2. The van der Waals surface area contributed by atoms with Gasteiger partial charge in [0, 0.05) is 18.2 Å². The van der Waals surface area contributed by atoms with Gasteiger partial charge in [0.25, 0.3) is 0 Å². The number of esters is 1. The van der Waals surface area contributed by atoms with Crippen LogP contribution in [-0.2, 0) is 11.3 Å². The van der Waals surface area contributed by atoms with E-state index in [0.29, 0.717) is 17.9 Å². The molecule has 0 aliphatic heterocycles. The minimum absolute atomic E-state index is 0.192. The Hall–Kier alpha value is -4.58. The molecule has 0 spiro atoms. The Labute approximate surface area is 200 Å². The highest BCUT2D eigenvalue weighted by Crippen LogP contribution is 2.25. The molecule has 0 amide bonds. The van der Waals surface area contributed by atoms with E-state index in [2.05, 4.69) is 0 Å². The fraction of sp³-hybridized carbons (Fsp3) is 0.0345. The molecule has 0 saturated carbocycles. The van der Waals surface area contributed by atoms with E-state index in [1.54, 1.807) is 6.08 Å². The van der Waals surface area contributed by atoms with E-state index in [0.717, 1.165) is 16.6 Å². The van der Waals surface area contributed by atoms with Gasteiger partial charge in [-0.3, -0.25) is 0 Å². The van der Waals surface area contributed by atoms with E-state index < -0.39 is 17.6 Å². The van der Waals surface area contributed by atoms with Crippen LogP contribution in [0.1, 0.15) is 27.3 Å². The third-order valence-electron chi connectivity index (χ3n) is 5.54. The van der Waals surface area contributed by atoms with Gasteiger partial charge in [-0.2, -0.15) is 0 Å². The summed E-state index contributed by atoms with van der Waals surface area (Å²) in [6.07, 6.45) is 1.66. The molecule has 1 heterocycles. The maximum Gasteiger partial charge on any atom is 0.343 e. The largest absolute Gasteiger partial charge is 0.422 e. The molecule has 172 valence electrons. The highest BCUT2D eigenvalue weighted by Gasteiger charge is 2.16. The second-order valence-corrected chi connectivity index (χ2v) is 7.94. The Bertz CT molecular complexity index is 1510. The Morgan fingerprint density at radius 1 is 0.771 bits per heavy atom. The van der Waals surface area contributed by atoms with Crippen molar-refractivity contribution in [2.75, 3.05) is 0 Å². The zero-order valence-electron chi connectivity index (χ0n) is 18.6. The van der Waals surface area contributed by atoms with Gasteiger partial charge in [0.2, 0.25) is 0 Å². The number of aromatic nitrogens is 2. The van der Waals surface area contributed by atoms with Crippen LogP contribution < -0.4 is 0 Å². The number of ether oxygens (including phenoxy) is 1. The van der Waals surface area contributed by atoms with Crippen LogP contribution in [0, 0.1) is 11.6 Å². The van der Waals surface area contributed by atoms with Crippen molar-refractivity contribution in [3.8, 4) is 0 Å². The van der Waals surface area contributed by atoms with Crippen molar-refractivity contribution < 1.29 is 18.3 Å². The van der Waals surface area contributed by atoms with Crippen molar-refractivity contribution >= 4 is 28.8 Å². The Morgan fingerprint density at radius 3 is 2.06 bits per heavy atom. The van der Waals surface area contributed by atoms with Gasteiger partial charge in [0.05, 0.1) is 16.6 Å². The summed E-state index contributed by atoms with van der Waals surface area (Å²) in [5.41, 5.74) is 3.48. The predicted octanol–water partition coefficient (Wildman–Crippen LogP) is 6.72. The smallest absolute Gasteiger partial charge is 0.343 e. The molecule has 6 heteroatoms. The third kappa shape index (κ3) is 5.01. The van der Waals surface area contributed by atoms with Crippen molar-refractivity contribution in [1.29, 1.82) is 0 Å². The van der Waals surface area contributed by atoms with Gasteiger partial charge in [-0.15, -0.1) is 0 Å². The molecule has 4 nitrogen and oxygen atoms in total. The molecule has 35 heavy (non-hydrogen) atoms. The van der Waals surface area contributed by atoms with E-state index in [-0.39, 0.29) is 11.3 Å². The SMILES string of the molecule is O=C(O/C(=C/c1nc2ccccc2n1Cc1ccccc1)c1ccc(F)cc1)c1ccc(F)cc1. The van der Waals surface area contributed by atoms with E-state index in [1.165, 1.54) is 48.5 Å². The number of carbonyl (C=O) groups is 1. The number of rotatable bonds is 6. The molecular weight excluding hydrogens is 446 g/mol. The molecule has 1 aromatic heterocycles. The number of imidazole rings is 1. The molecule has 0 saturated heterocycles. The second kappa shape index (κ2) is 9.73. The van der Waals surface area contributed by atoms with Gasteiger partial charge in [0.15, 0.2) is 0 Å². The number of hydrogen-bond donors (Lipinski definition) is 0. The van der Waals surface area contributed by atoms with E-state index in [9.17, 15) is 13.6 Å². The lowest BCUT2D eigenvalue weighted by Gasteiger charge is -2.11. The van der Waals surface area contributed by atoms with Crippen molar-refractivity contribution in [2.24, 2.45) is 0 Å². The van der Waals surface area contributed by atoms with Crippen LogP contribution in [0.15, 0.2) is 103 Å². The van der Waals surface area contributed by atoms with Crippen LogP contribution in [0.3, 0.4) is 0 Å². The number of para-hydroxylation sites is 2. The molecule has 5 rings (SSSR count). The number of hydrogen-bond acceptors (Lipinski definition) is 3. The van der Waals surface area contributed by atoms with Crippen molar-refractivity contribution in [2.45, 2.75) is 6.54 Å². The summed E-state index contributed by atoms with van der Waals surface area (Å²) in [5.74, 6) is -0.753. The minimum Gasteiger partial charge on any atom is -0.422 e. The molecule has 0 N–H and O–H groups in total. The maximum absolute atomic E-state index is 13.6. The van der Waals surface area contributed by atoms with Gasteiger partial charge in [-0.05, 0) is 66.2 Å². The summed E-state index contributed by atoms with van der Waals surface area (Å²) in [5, 5.41) is 0. The summed E-state index contributed by atoms with van der Waals surface area (Å²) in [4.78, 5) is 17.6. The Kier molecular flexibility index (Phi) is 6.18. The molecule has 5 aromatic rings. The average molecular weight is 466 g/mol. The summed E-state index contributed by atoms with van der Waals surface area (Å²) in [7, 11) is 0. The van der Waals surface area contributed by atoms with Crippen LogP contribution in [0.2, 0.25) is 0 Å². The van der Waals surface area contributed by atoms with Gasteiger partial charge in [-0.1, -0.05) is 42.5 Å². The molecule has 0 fully saturated rings. The van der Waals surface area contributed by atoms with Crippen molar-refractivity contribution in [3.05, 3.63) is 137 Å². The first-order valence-corrected chi connectivity index (χ1v) is 11.0. The first-order valence-electron chi connectivity index (χ1n) is 11.0. The molecule has 0 aliphatic rings. The Balaban J connectivity index is 1.60. The van der Waals surface area contributed by atoms with Gasteiger partial charge < -0.3 is 9.30 Å². The monoisotopic (exact) mass is 466 g/mol. The lowest BCUT2D eigenvalue weighted by Crippen LogP contribution is -2.07. The van der Waals surface area contributed by atoms with Gasteiger partial charge in [0.1, 0.15) is 23.2 Å². The molecule has 4 aromatic carbocycles. The number of benzene rings is 4. The zero-order valence-corrected chi connectivity index (χ0v) is 18.6. The van der Waals surface area contributed by atoms with Crippen LogP contribution in [0.25, 0.3) is 22.9 Å². The first-order chi connectivity index (χ1) is 17.1. The molecule has 0 bridgehead atoms. The average Bonchev–Trinajstić information content (AvgIpc) is 3.22. The maximum atomic E-state index is 13.6. The number of fused-ring (bicyclic) bond motifs is 1. The van der Waals surface area contributed by atoms with Crippen LogP contribution in [-0.4, -0.2) is 15.5 Å². The highest BCUT2D eigenvalue weighted by atomic mass is 19.1. The lowest BCUT2D eigenvalue weighted by atomic mass is 10.1. The van der Waals surface area contributed by atoms with Crippen LogP contribution >= 0.6 is 0 Å². The van der Waals surface area contributed by atoms with Gasteiger partial charge in [-0.25, -0.2) is 18.6 Å². The molecule has 0 atom stereocenters. The number of halogens is 2. The van der Waals surface area contributed by atoms with Crippen molar-refractivity contribution in [3.63, 3.8) is 0 Å². The second-order valence-electron chi connectivity index (χ2n) is 7.94. The molecule has 0 unspecified atom stereocenters. The molecule has 0 aliphatic carbocycles. The van der Waals surface area contributed by atoms with Crippen LogP contribution in [0.4, 0.5) is 8.78 Å². The standard InChI is InChI=1S/C29H20F2N2O2/c30-23-14-10-21(11-15-23)27(35-29(34)22-12-16-24(31)17-13-22)18-28-32-25-8-4-5-9-26(25)33(28)19-20-6-2-1-3-7-20/h1-18H,19H2/b27-18+. The molecule has 0 radical (unpaired) electrons. The number of carbonyl (C=O) groups excluding carboxylic acids is 1. The third-order valence-corrected chi connectivity index (χ3v) is 5.54. The van der Waals surface area contributed by atoms with Crippen LogP contribution in [0.5, 0.6) is 0 Å².